The Morgan fingerprint density at radius 1 is 0.421 bits per heavy atom. The minimum absolute atomic E-state index is 1.25. The fourth-order valence-electron chi connectivity index (χ4n) is 2.20. The number of rotatable bonds is 14. The third-order valence-corrected chi connectivity index (χ3v) is 3.50. The molecule has 0 aromatic rings. The molecule has 0 aliphatic carbocycles. The highest BCUT2D eigenvalue weighted by atomic mass is 13.9. The van der Waals surface area contributed by atoms with E-state index in [4.69, 9.17) is 0 Å². The molecule has 0 spiro atoms. The fraction of sp³-hybridized carbons (Fsp3) is 0.789. The first-order valence-electron chi connectivity index (χ1n) is 8.71. The fourth-order valence-corrected chi connectivity index (χ4v) is 2.20. The first-order valence-corrected chi connectivity index (χ1v) is 8.71. The van der Waals surface area contributed by atoms with Gasteiger partial charge in [0.05, 0.1) is 0 Å². The largest absolute Gasteiger partial charge is 0.0885 e. The molecule has 19 heavy (non-hydrogen) atoms. The highest BCUT2D eigenvalue weighted by Crippen LogP contribution is 2.08. The van der Waals surface area contributed by atoms with Crippen molar-refractivity contribution in [1.29, 1.82) is 0 Å². The van der Waals surface area contributed by atoms with Crippen molar-refractivity contribution in [3.05, 3.63) is 24.3 Å². The summed E-state index contributed by atoms with van der Waals surface area (Å²) in [5, 5.41) is 0. The van der Waals surface area contributed by atoms with Gasteiger partial charge in [-0.2, -0.15) is 0 Å². The summed E-state index contributed by atoms with van der Waals surface area (Å²) >= 11 is 0. The van der Waals surface area contributed by atoms with Crippen LogP contribution >= 0.6 is 0 Å². The van der Waals surface area contributed by atoms with E-state index in [1.54, 1.807) is 0 Å². The quantitative estimate of drug-likeness (QED) is 0.230. The van der Waals surface area contributed by atoms with Gasteiger partial charge in [0, 0.05) is 0 Å². The molecule has 0 aromatic carbocycles. The first-order chi connectivity index (χ1) is 9.41. The summed E-state index contributed by atoms with van der Waals surface area (Å²) < 4.78 is 0. The summed E-state index contributed by atoms with van der Waals surface area (Å²) in [6.07, 6.45) is 27.0. The lowest BCUT2D eigenvalue weighted by atomic mass is 10.1. The van der Waals surface area contributed by atoms with Gasteiger partial charge in [-0.3, -0.25) is 0 Å². The van der Waals surface area contributed by atoms with Crippen LogP contribution in [-0.2, 0) is 0 Å². The summed E-state index contributed by atoms with van der Waals surface area (Å²) in [7, 11) is 0. The number of unbranched alkanes of at least 4 members (excludes halogenated alkanes) is 10. The van der Waals surface area contributed by atoms with E-state index in [0.29, 0.717) is 0 Å². The Bertz CT molecular complexity index is 200. The van der Waals surface area contributed by atoms with Gasteiger partial charge in [0.15, 0.2) is 0 Å². The van der Waals surface area contributed by atoms with Gasteiger partial charge in [0.2, 0.25) is 0 Å². The monoisotopic (exact) mass is 264 g/mol. The molecule has 0 aliphatic heterocycles. The van der Waals surface area contributed by atoms with Crippen LogP contribution < -0.4 is 0 Å². The van der Waals surface area contributed by atoms with Crippen LogP contribution in [0.25, 0.3) is 0 Å². The van der Waals surface area contributed by atoms with Crippen molar-refractivity contribution in [3.63, 3.8) is 0 Å². The average molecular weight is 264 g/mol. The molecule has 0 fully saturated rings. The average Bonchev–Trinajstić information content (AvgIpc) is 2.43. The molecule has 0 radical (unpaired) electrons. The first kappa shape index (κ1) is 18.5. The minimum atomic E-state index is 1.25. The highest BCUT2D eigenvalue weighted by molar-refractivity contribution is 4.82. The zero-order chi connectivity index (χ0) is 14.0. The van der Waals surface area contributed by atoms with Crippen LogP contribution in [0.4, 0.5) is 0 Å². The Hall–Kier alpha value is -0.520. The second-order valence-corrected chi connectivity index (χ2v) is 5.57. The topological polar surface area (TPSA) is 0 Å². The third kappa shape index (κ3) is 17.5. The smallest absolute Gasteiger partial charge is 0.0351 e. The molecule has 0 rings (SSSR count). The van der Waals surface area contributed by atoms with Crippen LogP contribution in [0.15, 0.2) is 24.3 Å². The van der Waals surface area contributed by atoms with Crippen molar-refractivity contribution in [2.24, 2.45) is 0 Å². The van der Waals surface area contributed by atoms with E-state index in [2.05, 4.69) is 38.2 Å². The Kier molecular flexibility index (Phi) is 17.0. The molecule has 112 valence electrons. The molecule has 0 bridgehead atoms. The molecule has 0 aromatic heterocycles. The van der Waals surface area contributed by atoms with Crippen molar-refractivity contribution in [1.82, 2.24) is 0 Å². The van der Waals surface area contributed by atoms with E-state index < -0.39 is 0 Å². The maximum Gasteiger partial charge on any atom is -0.0351 e. The molecule has 0 atom stereocenters. The van der Waals surface area contributed by atoms with E-state index >= 15 is 0 Å². The Morgan fingerprint density at radius 3 is 1.26 bits per heavy atom. The summed E-state index contributed by atoms with van der Waals surface area (Å²) in [5.74, 6) is 0. The lowest BCUT2D eigenvalue weighted by Gasteiger charge is -1.97. The molecule has 0 saturated heterocycles. The number of allylic oxidation sites excluding steroid dienone is 4. The normalized spacial score (nSPS) is 11.9. The predicted molar refractivity (Wildman–Crippen MR) is 89.6 cm³/mol. The molecule has 0 N–H and O–H groups in total. The number of hydrogen-bond acceptors (Lipinski definition) is 0. The van der Waals surface area contributed by atoms with Crippen LogP contribution in [0.1, 0.15) is 97.3 Å². The molecular weight excluding hydrogens is 228 g/mol. The summed E-state index contributed by atoms with van der Waals surface area (Å²) in [6.45, 7) is 4.51. The maximum atomic E-state index is 2.40. The van der Waals surface area contributed by atoms with Gasteiger partial charge in [-0.05, 0) is 44.9 Å². The SMILES string of the molecule is CCC/C=C/CCCCCC/C=C/CCCCCC. The van der Waals surface area contributed by atoms with E-state index in [0.717, 1.165) is 0 Å². The lowest BCUT2D eigenvalue weighted by molar-refractivity contribution is 0.649. The van der Waals surface area contributed by atoms with Crippen LogP contribution in [0.3, 0.4) is 0 Å². The lowest BCUT2D eigenvalue weighted by Crippen LogP contribution is -1.77. The van der Waals surface area contributed by atoms with Gasteiger partial charge in [-0.15, -0.1) is 0 Å². The minimum Gasteiger partial charge on any atom is -0.0885 e. The molecule has 0 heterocycles. The van der Waals surface area contributed by atoms with Crippen LogP contribution in [0.5, 0.6) is 0 Å². The molecule has 0 saturated carbocycles. The van der Waals surface area contributed by atoms with Gasteiger partial charge in [-0.1, -0.05) is 76.7 Å². The van der Waals surface area contributed by atoms with Gasteiger partial charge in [-0.25, -0.2) is 0 Å². The third-order valence-electron chi connectivity index (χ3n) is 3.50. The summed E-state index contributed by atoms with van der Waals surface area (Å²) in [4.78, 5) is 0. The van der Waals surface area contributed by atoms with Crippen LogP contribution in [0.2, 0.25) is 0 Å². The van der Waals surface area contributed by atoms with Crippen molar-refractivity contribution >= 4 is 0 Å². The van der Waals surface area contributed by atoms with E-state index in [9.17, 15) is 0 Å². The van der Waals surface area contributed by atoms with Crippen molar-refractivity contribution in [2.45, 2.75) is 97.3 Å². The Morgan fingerprint density at radius 2 is 0.842 bits per heavy atom. The molecule has 0 unspecified atom stereocenters. The van der Waals surface area contributed by atoms with Gasteiger partial charge in [0.1, 0.15) is 0 Å². The van der Waals surface area contributed by atoms with E-state index in [1.807, 2.05) is 0 Å². The van der Waals surface area contributed by atoms with Gasteiger partial charge in [0.25, 0.3) is 0 Å². The standard InChI is InChI=1S/C19H36/c1-3-5-7-9-11-13-15-17-19-18-16-14-12-10-8-6-4-2/h7,9,14,16H,3-6,8,10-13,15,17-19H2,1-2H3/b9-7+,16-14+. The Balaban J connectivity index is 3.07. The van der Waals surface area contributed by atoms with E-state index in [1.165, 1.54) is 83.5 Å². The molecular formula is C19H36. The van der Waals surface area contributed by atoms with Crippen molar-refractivity contribution in [2.75, 3.05) is 0 Å². The van der Waals surface area contributed by atoms with E-state index in [-0.39, 0.29) is 0 Å². The zero-order valence-corrected chi connectivity index (χ0v) is 13.5. The van der Waals surface area contributed by atoms with Gasteiger partial charge < -0.3 is 0 Å². The molecule has 0 nitrogen and oxygen atoms in total. The van der Waals surface area contributed by atoms with Crippen LogP contribution in [0, 0.1) is 0 Å². The maximum absolute atomic E-state index is 2.40. The second kappa shape index (κ2) is 17.5. The predicted octanol–water partition coefficient (Wildman–Crippen LogP) is 7.21. The summed E-state index contributed by atoms with van der Waals surface area (Å²) in [6, 6.07) is 0. The Labute approximate surface area is 122 Å². The summed E-state index contributed by atoms with van der Waals surface area (Å²) in [5.41, 5.74) is 0. The highest BCUT2D eigenvalue weighted by Gasteiger charge is 1.88. The second-order valence-electron chi connectivity index (χ2n) is 5.57. The zero-order valence-electron chi connectivity index (χ0n) is 13.5. The molecule has 0 aliphatic rings. The van der Waals surface area contributed by atoms with Crippen LogP contribution in [-0.4, -0.2) is 0 Å². The molecule has 0 heteroatoms. The van der Waals surface area contributed by atoms with Crippen molar-refractivity contribution < 1.29 is 0 Å². The van der Waals surface area contributed by atoms with Crippen molar-refractivity contribution in [3.8, 4) is 0 Å². The number of hydrogen-bond donors (Lipinski definition) is 0. The molecule has 0 amide bonds. The van der Waals surface area contributed by atoms with Gasteiger partial charge >= 0.3 is 0 Å².